The van der Waals surface area contributed by atoms with Crippen LogP contribution in [0.1, 0.15) is 47.2 Å². The molecule has 0 unspecified atom stereocenters. The summed E-state index contributed by atoms with van der Waals surface area (Å²) in [6.07, 6.45) is 3.18. The van der Waals surface area contributed by atoms with Gasteiger partial charge >= 0.3 is 5.97 Å². The highest BCUT2D eigenvalue weighted by atomic mass is 16.4. The van der Waals surface area contributed by atoms with E-state index in [1.807, 2.05) is 32.0 Å². The minimum atomic E-state index is -0.832. The van der Waals surface area contributed by atoms with E-state index in [-0.39, 0.29) is 11.7 Å². The number of rotatable bonds is 3. The van der Waals surface area contributed by atoms with Crippen LogP contribution in [0.3, 0.4) is 0 Å². The zero-order valence-corrected chi connectivity index (χ0v) is 11.5. The molecule has 1 aliphatic rings. The highest BCUT2D eigenvalue weighted by Gasteiger charge is 2.35. The second kappa shape index (κ2) is 5.55. The highest BCUT2D eigenvalue weighted by molar-refractivity contribution is 6.00. The van der Waals surface area contributed by atoms with Crippen LogP contribution in [0, 0.1) is 25.7 Å². The fraction of sp³-hybridized carbons (Fsp3) is 0.500. The van der Waals surface area contributed by atoms with Crippen molar-refractivity contribution in [2.24, 2.45) is 11.8 Å². The van der Waals surface area contributed by atoms with Gasteiger partial charge < -0.3 is 5.11 Å². The zero-order chi connectivity index (χ0) is 14.0. The number of carboxylic acid groups (broad SMARTS) is 1. The second-order valence-electron chi connectivity index (χ2n) is 5.50. The van der Waals surface area contributed by atoms with Gasteiger partial charge in [0.2, 0.25) is 0 Å². The number of Topliss-reactive ketones (excluding diaryl/α,β-unsaturated/α-hetero) is 1. The van der Waals surface area contributed by atoms with Gasteiger partial charge in [-0.15, -0.1) is 0 Å². The van der Waals surface area contributed by atoms with Crippen LogP contribution in [0.25, 0.3) is 0 Å². The number of aryl methyl sites for hydroxylation is 2. The van der Waals surface area contributed by atoms with Crippen LogP contribution in [0.5, 0.6) is 0 Å². The van der Waals surface area contributed by atoms with Crippen molar-refractivity contribution in [3.8, 4) is 0 Å². The maximum absolute atomic E-state index is 12.5. The predicted molar refractivity (Wildman–Crippen MR) is 73.3 cm³/mol. The lowest BCUT2D eigenvalue weighted by molar-refractivity contribution is -0.144. The molecule has 0 aliphatic heterocycles. The minimum absolute atomic E-state index is 0.00444. The van der Waals surface area contributed by atoms with Crippen LogP contribution in [0.15, 0.2) is 18.2 Å². The lowest BCUT2D eigenvalue weighted by atomic mass is 9.75. The van der Waals surface area contributed by atoms with Gasteiger partial charge in [0.1, 0.15) is 0 Å². The van der Waals surface area contributed by atoms with Crippen molar-refractivity contribution in [1.82, 2.24) is 0 Å². The molecule has 2 rings (SSSR count). The van der Waals surface area contributed by atoms with Gasteiger partial charge in [-0.05, 0) is 43.9 Å². The third kappa shape index (κ3) is 2.86. The second-order valence-corrected chi connectivity index (χ2v) is 5.50. The molecule has 0 saturated heterocycles. The Balaban J connectivity index is 2.26. The van der Waals surface area contributed by atoms with E-state index in [2.05, 4.69) is 0 Å². The molecule has 1 saturated carbocycles. The van der Waals surface area contributed by atoms with E-state index >= 15 is 0 Å². The summed E-state index contributed by atoms with van der Waals surface area (Å²) in [4.78, 5) is 23.8. The van der Waals surface area contributed by atoms with Gasteiger partial charge in [-0.2, -0.15) is 0 Å². The Hall–Kier alpha value is -1.64. The number of aliphatic carboxylic acids is 1. The molecule has 3 heteroatoms. The molecule has 1 aromatic rings. The third-order valence-electron chi connectivity index (χ3n) is 4.21. The first kappa shape index (κ1) is 13.8. The molecule has 1 N–H and O–H groups in total. The Bertz CT molecular complexity index is 505. The quantitative estimate of drug-likeness (QED) is 0.848. The van der Waals surface area contributed by atoms with Crippen molar-refractivity contribution in [2.45, 2.75) is 39.5 Å². The molecule has 0 heterocycles. The summed E-state index contributed by atoms with van der Waals surface area (Å²) in [5, 5.41) is 9.25. The third-order valence-corrected chi connectivity index (χ3v) is 4.21. The first-order valence-corrected chi connectivity index (χ1v) is 6.85. The number of ketones is 1. The smallest absolute Gasteiger partial charge is 0.307 e. The van der Waals surface area contributed by atoms with Crippen molar-refractivity contribution < 1.29 is 14.7 Å². The van der Waals surface area contributed by atoms with Crippen molar-refractivity contribution in [3.05, 3.63) is 34.9 Å². The van der Waals surface area contributed by atoms with Gasteiger partial charge in [0.15, 0.2) is 5.78 Å². The summed E-state index contributed by atoms with van der Waals surface area (Å²) in [5.74, 6) is -1.70. The van der Waals surface area contributed by atoms with E-state index in [4.69, 9.17) is 0 Å². The summed E-state index contributed by atoms with van der Waals surface area (Å²) < 4.78 is 0. The molecule has 2 atom stereocenters. The average Bonchev–Trinajstić information content (AvgIpc) is 2.41. The number of carbonyl (C=O) groups is 2. The molecule has 3 nitrogen and oxygen atoms in total. The number of carboxylic acids is 1. The zero-order valence-electron chi connectivity index (χ0n) is 11.5. The maximum Gasteiger partial charge on any atom is 0.307 e. The Kier molecular flexibility index (Phi) is 4.03. The Morgan fingerprint density at radius 3 is 2.26 bits per heavy atom. The molecule has 1 fully saturated rings. The Morgan fingerprint density at radius 1 is 1.05 bits per heavy atom. The van der Waals surface area contributed by atoms with Crippen molar-refractivity contribution >= 4 is 11.8 Å². The van der Waals surface area contributed by atoms with E-state index in [0.29, 0.717) is 18.4 Å². The molecule has 1 aromatic carbocycles. The van der Waals surface area contributed by atoms with Crippen LogP contribution in [-0.2, 0) is 4.79 Å². The monoisotopic (exact) mass is 260 g/mol. The van der Waals surface area contributed by atoms with E-state index in [1.165, 1.54) is 0 Å². The van der Waals surface area contributed by atoms with E-state index in [1.54, 1.807) is 0 Å². The van der Waals surface area contributed by atoms with Gasteiger partial charge in [0.05, 0.1) is 5.92 Å². The maximum atomic E-state index is 12.5. The number of carbonyl (C=O) groups excluding carboxylic acids is 1. The van der Waals surface area contributed by atoms with Crippen LogP contribution < -0.4 is 0 Å². The van der Waals surface area contributed by atoms with Gasteiger partial charge in [0, 0.05) is 11.5 Å². The molecular weight excluding hydrogens is 240 g/mol. The lowest BCUT2D eigenvalue weighted by Crippen LogP contribution is -2.32. The molecule has 19 heavy (non-hydrogen) atoms. The molecule has 0 spiro atoms. The fourth-order valence-corrected chi connectivity index (χ4v) is 2.85. The SMILES string of the molecule is Cc1ccc(C(=O)[C@@H]2CCCC[C@@H]2C(=O)O)cc1C. The van der Waals surface area contributed by atoms with Crippen LogP contribution in [0.4, 0.5) is 0 Å². The number of benzene rings is 1. The van der Waals surface area contributed by atoms with Crippen LogP contribution in [0.2, 0.25) is 0 Å². The van der Waals surface area contributed by atoms with Crippen molar-refractivity contribution in [3.63, 3.8) is 0 Å². The molecule has 0 radical (unpaired) electrons. The summed E-state index contributed by atoms with van der Waals surface area (Å²) in [6.45, 7) is 3.98. The van der Waals surface area contributed by atoms with Crippen LogP contribution >= 0.6 is 0 Å². The molecule has 0 aromatic heterocycles. The van der Waals surface area contributed by atoms with E-state index in [9.17, 15) is 14.7 Å². The van der Waals surface area contributed by atoms with E-state index in [0.717, 1.165) is 24.0 Å². The van der Waals surface area contributed by atoms with E-state index < -0.39 is 11.9 Å². The Morgan fingerprint density at radius 2 is 1.68 bits per heavy atom. The van der Waals surface area contributed by atoms with Gasteiger partial charge in [-0.1, -0.05) is 25.0 Å². The number of hydrogen-bond acceptors (Lipinski definition) is 2. The molecular formula is C16H20O3. The van der Waals surface area contributed by atoms with Crippen molar-refractivity contribution in [1.29, 1.82) is 0 Å². The van der Waals surface area contributed by atoms with Crippen LogP contribution in [-0.4, -0.2) is 16.9 Å². The van der Waals surface area contributed by atoms with Crippen molar-refractivity contribution in [2.75, 3.05) is 0 Å². The summed E-state index contributed by atoms with van der Waals surface area (Å²) in [6, 6.07) is 5.63. The molecule has 0 bridgehead atoms. The summed E-state index contributed by atoms with van der Waals surface area (Å²) in [5.41, 5.74) is 2.88. The average molecular weight is 260 g/mol. The topological polar surface area (TPSA) is 54.4 Å². The first-order valence-electron chi connectivity index (χ1n) is 6.85. The molecule has 0 amide bonds. The van der Waals surface area contributed by atoms with Gasteiger partial charge in [0.25, 0.3) is 0 Å². The fourth-order valence-electron chi connectivity index (χ4n) is 2.85. The normalized spacial score (nSPS) is 23.1. The largest absolute Gasteiger partial charge is 0.481 e. The summed E-state index contributed by atoms with van der Waals surface area (Å²) in [7, 11) is 0. The standard InChI is InChI=1S/C16H20O3/c1-10-7-8-12(9-11(10)2)15(17)13-5-3-4-6-14(13)16(18)19/h7-9,13-14H,3-6H2,1-2H3,(H,18,19)/t13-,14+/m1/s1. The first-order chi connectivity index (χ1) is 9.00. The molecule has 1 aliphatic carbocycles. The van der Waals surface area contributed by atoms with Gasteiger partial charge in [-0.3, -0.25) is 9.59 Å². The summed E-state index contributed by atoms with van der Waals surface area (Å²) >= 11 is 0. The number of hydrogen-bond donors (Lipinski definition) is 1. The van der Waals surface area contributed by atoms with Gasteiger partial charge in [-0.25, -0.2) is 0 Å². The Labute approximate surface area is 113 Å². The predicted octanol–water partition coefficient (Wildman–Crippen LogP) is 3.38. The minimum Gasteiger partial charge on any atom is -0.481 e. The highest BCUT2D eigenvalue weighted by Crippen LogP contribution is 2.33. The lowest BCUT2D eigenvalue weighted by Gasteiger charge is -2.27. The molecule has 102 valence electrons.